The Labute approximate surface area is 295 Å². The van der Waals surface area contributed by atoms with E-state index in [4.69, 9.17) is 8.83 Å². The van der Waals surface area contributed by atoms with Crippen LogP contribution in [-0.4, -0.2) is 0 Å². The summed E-state index contributed by atoms with van der Waals surface area (Å²) < 4.78 is 13.3. The predicted molar refractivity (Wildman–Crippen MR) is 212 cm³/mol. The summed E-state index contributed by atoms with van der Waals surface area (Å²) in [5.74, 6) is 0. The van der Waals surface area contributed by atoms with E-state index in [9.17, 15) is 0 Å². The normalized spacial score (nSPS) is 11.5. The first kappa shape index (κ1) is 29.1. The third-order valence-corrected chi connectivity index (χ3v) is 9.90. The predicted octanol–water partition coefficient (Wildman–Crippen LogP) is 14.0. The molecule has 0 amide bonds. The lowest BCUT2D eigenvalue weighted by Crippen LogP contribution is -2.10. The highest BCUT2D eigenvalue weighted by Gasteiger charge is 2.21. The molecule has 10 aromatic rings. The van der Waals surface area contributed by atoms with Crippen LogP contribution < -0.4 is 4.90 Å². The summed E-state index contributed by atoms with van der Waals surface area (Å²) in [5.41, 5.74) is 13.3. The zero-order valence-corrected chi connectivity index (χ0v) is 27.7. The van der Waals surface area contributed by atoms with Crippen LogP contribution >= 0.6 is 0 Å². The summed E-state index contributed by atoms with van der Waals surface area (Å²) in [6.45, 7) is 0. The zero-order valence-electron chi connectivity index (χ0n) is 27.7. The highest BCUT2D eigenvalue weighted by Crippen LogP contribution is 2.45. The maximum absolute atomic E-state index is 6.90. The van der Waals surface area contributed by atoms with Gasteiger partial charge in [-0.2, -0.15) is 0 Å². The minimum Gasteiger partial charge on any atom is -0.455 e. The average molecular weight is 654 g/mol. The summed E-state index contributed by atoms with van der Waals surface area (Å²) in [4.78, 5) is 2.30. The van der Waals surface area contributed by atoms with Crippen LogP contribution in [0.25, 0.3) is 77.3 Å². The van der Waals surface area contributed by atoms with Crippen LogP contribution in [0.15, 0.2) is 197 Å². The third kappa shape index (κ3) is 4.90. The van der Waals surface area contributed by atoms with Crippen molar-refractivity contribution in [2.75, 3.05) is 4.90 Å². The van der Waals surface area contributed by atoms with Gasteiger partial charge >= 0.3 is 0 Å². The third-order valence-electron chi connectivity index (χ3n) is 9.90. The molecule has 0 saturated carbocycles. The number of para-hydroxylation sites is 4. The van der Waals surface area contributed by atoms with Crippen LogP contribution in [-0.2, 0) is 0 Å². The van der Waals surface area contributed by atoms with Crippen LogP contribution in [0.4, 0.5) is 17.1 Å². The van der Waals surface area contributed by atoms with Crippen molar-refractivity contribution in [2.24, 2.45) is 0 Å². The molecule has 0 bridgehead atoms. The van der Waals surface area contributed by atoms with Crippen LogP contribution in [0.2, 0.25) is 0 Å². The van der Waals surface area contributed by atoms with Crippen molar-refractivity contribution in [2.45, 2.75) is 0 Å². The van der Waals surface area contributed by atoms with Gasteiger partial charge in [0.2, 0.25) is 0 Å². The molecule has 0 aliphatic rings. The fourth-order valence-electron chi connectivity index (χ4n) is 7.45. The Morgan fingerprint density at radius 1 is 0.294 bits per heavy atom. The van der Waals surface area contributed by atoms with Crippen molar-refractivity contribution in [3.63, 3.8) is 0 Å². The number of anilines is 3. The van der Waals surface area contributed by atoms with Gasteiger partial charge in [0.05, 0.1) is 5.69 Å². The second-order valence-electron chi connectivity index (χ2n) is 12.9. The maximum Gasteiger partial charge on any atom is 0.159 e. The van der Waals surface area contributed by atoms with Crippen LogP contribution in [0.3, 0.4) is 0 Å². The van der Waals surface area contributed by atoms with E-state index in [2.05, 4.69) is 175 Å². The highest BCUT2D eigenvalue weighted by molar-refractivity contribution is 6.14. The second-order valence-corrected chi connectivity index (χ2v) is 12.9. The Bertz CT molecular complexity index is 2830. The number of hydrogen-bond acceptors (Lipinski definition) is 3. The summed E-state index contributed by atoms with van der Waals surface area (Å²) in [5, 5.41) is 4.44. The van der Waals surface area contributed by atoms with E-state index in [1.807, 2.05) is 18.2 Å². The molecule has 0 unspecified atom stereocenters. The summed E-state index contributed by atoms with van der Waals surface area (Å²) in [6, 6.07) is 66.0. The van der Waals surface area contributed by atoms with E-state index >= 15 is 0 Å². The number of fused-ring (bicyclic) bond motifs is 6. The van der Waals surface area contributed by atoms with Gasteiger partial charge in [-0.15, -0.1) is 0 Å². The monoisotopic (exact) mass is 653 g/mol. The van der Waals surface area contributed by atoms with E-state index in [1.54, 1.807) is 0 Å². The van der Waals surface area contributed by atoms with Crippen molar-refractivity contribution in [1.82, 2.24) is 0 Å². The highest BCUT2D eigenvalue weighted by atomic mass is 16.3. The molecule has 3 nitrogen and oxygen atoms in total. The quantitative estimate of drug-likeness (QED) is 0.179. The number of rotatable bonds is 6. The van der Waals surface area contributed by atoms with Gasteiger partial charge in [-0.25, -0.2) is 0 Å². The van der Waals surface area contributed by atoms with Gasteiger partial charge in [0.1, 0.15) is 16.7 Å². The molecule has 8 aromatic carbocycles. The lowest BCUT2D eigenvalue weighted by molar-refractivity contribution is 0.670. The minimum absolute atomic E-state index is 0.846. The fourth-order valence-corrected chi connectivity index (χ4v) is 7.45. The first-order valence-electron chi connectivity index (χ1n) is 17.3. The van der Waals surface area contributed by atoms with Gasteiger partial charge in [0.15, 0.2) is 5.58 Å². The Balaban J connectivity index is 1.14. The molecular formula is C48H31NO2. The first-order chi connectivity index (χ1) is 25.3. The van der Waals surface area contributed by atoms with Gasteiger partial charge in [0, 0.05) is 44.0 Å². The molecule has 0 fully saturated rings. The number of furan rings is 2. The molecule has 240 valence electrons. The zero-order chi connectivity index (χ0) is 33.7. The van der Waals surface area contributed by atoms with E-state index < -0.39 is 0 Å². The number of nitrogens with zero attached hydrogens (tertiary/aromatic N) is 1. The SMILES string of the molecule is c1ccc(-c2ccc(N(c3ccc(-c4cccc5c4oc4ccccc45)cc3)c3cccc4c3oc3c(-c5ccccc5)cccc34)cc2)cc1. The van der Waals surface area contributed by atoms with Gasteiger partial charge < -0.3 is 13.7 Å². The molecule has 0 saturated heterocycles. The largest absolute Gasteiger partial charge is 0.455 e. The Morgan fingerprint density at radius 3 is 1.41 bits per heavy atom. The van der Waals surface area contributed by atoms with E-state index in [-0.39, 0.29) is 0 Å². The van der Waals surface area contributed by atoms with E-state index in [1.165, 1.54) is 11.1 Å². The molecule has 51 heavy (non-hydrogen) atoms. The second kappa shape index (κ2) is 11.9. The lowest BCUT2D eigenvalue weighted by Gasteiger charge is -2.26. The Kier molecular flexibility index (Phi) is 6.81. The topological polar surface area (TPSA) is 29.5 Å². The molecule has 0 N–H and O–H groups in total. The molecule has 0 spiro atoms. The summed E-state index contributed by atoms with van der Waals surface area (Å²) in [7, 11) is 0. The Morgan fingerprint density at radius 2 is 0.745 bits per heavy atom. The molecular weight excluding hydrogens is 623 g/mol. The van der Waals surface area contributed by atoms with Crippen molar-refractivity contribution in [1.29, 1.82) is 0 Å². The van der Waals surface area contributed by atoms with Gasteiger partial charge in [-0.3, -0.25) is 0 Å². The fraction of sp³-hybridized carbons (Fsp3) is 0. The van der Waals surface area contributed by atoms with Crippen LogP contribution in [0.1, 0.15) is 0 Å². The molecule has 3 heteroatoms. The molecule has 2 aromatic heterocycles. The van der Waals surface area contributed by atoms with Crippen molar-refractivity contribution in [3.05, 3.63) is 188 Å². The molecule has 0 aliphatic heterocycles. The van der Waals surface area contributed by atoms with Gasteiger partial charge in [0.25, 0.3) is 0 Å². The van der Waals surface area contributed by atoms with Gasteiger partial charge in [-0.1, -0.05) is 152 Å². The van der Waals surface area contributed by atoms with Crippen LogP contribution in [0.5, 0.6) is 0 Å². The molecule has 2 heterocycles. The lowest BCUT2D eigenvalue weighted by atomic mass is 10.0. The van der Waals surface area contributed by atoms with Gasteiger partial charge in [-0.05, 0) is 58.7 Å². The smallest absolute Gasteiger partial charge is 0.159 e. The van der Waals surface area contributed by atoms with Crippen molar-refractivity contribution in [3.8, 4) is 33.4 Å². The maximum atomic E-state index is 6.90. The standard InChI is InChI=1S/C48H31NO2/c1-3-12-32(13-4-1)33-24-28-36(29-25-33)49(37-30-26-35(27-31-37)39-18-9-19-41-40-16-7-8-23-45(40)50-46(39)41)44-22-11-21-43-42-20-10-17-38(47(42)51-48(43)44)34-14-5-2-6-15-34/h1-31H. The van der Waals surface area contributed by atoms with Crippen LogP contribution in [0, 0.1) is 0 Å². The molecule has 10 rings (SSSR count). The van der Waals surface area contributed by atoms with E-state index in [0.29, 0.717) is 0 Å². The Hall–Kier alpha value is -6.84. The van der Waals surface area contributed by atoms with Crippen molar-refractivity contribution < 1.29 is 8.83 Å². The number of benzene rings is 8. The van der Waals surface area contributed by atoms with E-state index in [0.717, 1.165) is 83.2 Å². The first-order valence-corrected chi connectivity index (χ1v) is 17.3. The molecule has 0 radical (unpaired) electrons. The summed E-state index contributed by atoms with van der Waals surface area (Å²) >= 11 is 0. The van der Waals surface area contributed by atoms with Crippen molar-refractivity contribution >= 4 is 60.9 Å². The minimum atomic E-state index is 0.846. The average Bonchev–Trinajstić information content (AvgIpc) is 3.79. The summed E-state index contributed by atoms with van der Waals surface area (Å²) in [6.07, 6.45) is 0. The molecule has 0 aliphatic carbocycles. The molecule has 0 atom stereocenters. The number of hydrogen-bond donors (Lipinski definition) is 0.